The molecule has 2 aromatic rings. The van der Waals surface area contributed by atoms with E-state index < -0.39 is 21.9 Å². The third kappa shape index (κ3) is 3.15. The molecule has 0 saturated heterocycles. The van der Waals surface area contributed by atoms with Crippen LogP contribution in [0.4, 0.5) is 4.39 Å². The number of pyridine rings is 1. The lowest BCUT2D eigenvalue weighted by Crippen LogP contribution is -2.27. The van der Waals surface area contributed by atoms with Gasteiger partial charge >= 0.3 is 0 Å². The normalized spacial score (nSPS) is 13.2. The molecule has 0 fully saturated rings. The summed E-state index contributed by atoms with van der Waals surface area (Å²) in [7, 11) is -3.89. The smallest absolute Gasteiger partial charge is 0.244 e. The third-order valence-corrected chi connectivity index (χ3v) is 4.22. The predicted octanol–water partition coefficient (Wildman–Crippen LogP) is 2.26. The highest BCUT2D eigenvalue weighted by atomic mass is 32.2. The van der Waals surface area contributed by atoms with Crippen LogP contribution in [0.15, 0.2) is 53.7 Å². The summed E-state index contributed by atoms with van der Waals surface area (Å²) in [6.45, 7) is 1.68. The van der Waals surface area contributed by atoms with Crippen LogP contribution in [0.2, 0.25) is 0 Å². The van der Waals surface area contributed by atoms with Gasteiger partial charge in [-0.2, -0.15) is 0 Å². The van der Waals surface area contributed by atoms with Crippen molar-refractivity contribution >= 4 is 10.0 Å². The molecule has 0 saturated carbocycles. The van der Waals surface area contributed by atoms with Crippen molar-refractivity contribution in [3.8, 4) is 0 Å². The van der Waals surface area contributed by atoms with E-state index in [0.717, 1.165) is 6.07 Å². The van der Waals surface area contributed by atoms with Gasteiger partial charge < -0.3 is 0 Å². The fourth-order valence-electron chi connectivity index (χ4n) is 1.66. The molecule has 0 bridgehead atoms. The molecule has 100 valence electrons. The predicted molar refractivity (Wildman–Crippen MR) is 69.4 cm³/mol. The molecule has 0 spiro atoms. The van der Waals surface area contributed by atoms with E-state index in [4.69, 9.17) is 0 Å². The quantitative estimate of drug-likeness (QED) is 0.934. The minimum Gasteiger partial charge on any atom is -0.264 e. The standard InChI is InChI=1S/C13H13FN2O2S/c1-10(11-5-4-8-15-9-11)16-19(17,18)13-7-3-2-6-12(13)14/h2-10,16H,1H3/t10-/m1/s1. The first-order valence-corrected chi connectivity index (χ1v) is 7.16. The van der Waals surface area contributed by atoms with Gasteiger partial charge in [0.2, 0.25) is 10.0 Å². The van der Waals surface area contributed by atoms with E-state index >= 15 is 0 Å². The maximum atomic E-state index is 13.5. The van der Waals surface area contributed by atoms with Crippen LogP contribution < -0.4 is 4.72 Å². The molecule has 1 heterocycles. The van der Waals surface area contributed by atoms with Crippen molar-refractivity contribution in [1.82, 2.24) is 9.71 Å². The Morgan fingerprint density at radius 2 is 1.95 bits per heavy atom. The van der Waals surface area contributed by atoms with Crippen molar-refractivity contribution in [2.24, 2.45) is 0 Å². The van der Waals surface area contributed by atoms with E-state index in [0.29, 0.717) is 5.56 Å². The first kappa shape index (κ1) is 13.6. The van der Waals surface area contributed by atoms with Crippen molar-refractivity contribution in [2.75, 3.05) is 0 Å². The first-order valence-electron chi connectivity index (χ1n) is 5.67. The number of benzene rings is 1. The van der Waals surface area contributed by atoms with E-state index in [1.807, 2.05) is 0 Å². The van der Waals surface area contributed by atoms with E-state index in [2.05, 4.69) is 9.71 Å². The fourth-order valence-corrected chi connectivity index (χ4v) is 2.97. The van der Waals surface area contributed by atoms with Gasteiger partial charge in [0.25, 0.3) is 0 Å². The van der Waals surface area contributed by atoms with Crippen LogP contribution in [0.3, 0.4) is 0 Å². The number of hydrogen-bond acceptors (Lipinski definition) is 3. The van der Waals surface area contributed by atoms with E-state index in [9.17, 15) is 12.8 Å². The zero-order chi connectivity index (χ0) is 13.9. The number of halogens is 1. The molecule has 19 heavy (non-hydrogen) atoms. The van der Waals surface area contributed by atoms with Crippen LogP contribution >= 0.6 is 0 Å². The van der Waals surface area contributed by atoms with Crippen LogP contribution in [0.25, 0.3) is 0 Å². The molecule has 0 radical (unpaired) electrons. The Hall–Kier alpha value is -1.79. The third-order valence-electron chi connectivity index (χ3n) is 2.64. The summed E-state index contributed by atoms with van der Waals surface area (Å²) in [5.41, 5.74) is 0.711. The second-order valence-corrected chi connectivity index (χ2v) is 5.74. The summed E-state index contributed by atoms with van der Waals surface area (Å²) in [5, 5.41) is 0. The summed E-state index contributed by atoms with van der Waals surface area (Å²) in [6.07, 6.45) is 3.16. The summed E-state index contributed by atoms with van der Waals surface area (Å²) >= 11 is 0. The molecule has 4 nitrogen and oxygen atoms in total. The van der Waals surface area contributed by atoms with Gasteiger partial charge in [-0.15, -0.1) is 0 Å². The Balaban J connectivity index is 2.26. The Labute approximate surface area is 111 Å². The van der Waals surface area contributed by atoms with Crippen molar-refractivity contribution in [3.05, 3.63) is 60.2 Å². The Morgan fingerprint density at radius 1 is 1.21 bits per heavy atom. The van der Waals surface area contributed by atoms with Crippen LogP contribution in [-0.4, -0.2) is 13.4 Å². The highest BCUT2D eigenvalue weighted by molar-refractivity contribution is 7.89. The number of aromatic nitrogens is 1. The van der Waals surface area contributed by atoms with Gasteiger partial charge in [-0.1, -0.05) is 18.2 Å². The van der Waals surface area contributed by atoms with Crippen LogP contribution in [0.1, 0.15) is 18.5 Å². The first-order chi connectivity index (χ1) is 9.00. The van der Waals surface area contributed by atoms with E-state index in [1.165, 1.54) is 18.2 Å². The van der Waals surface area contributed by atoms with Crippen LogP contribution in [0, 0.1) is 5.82 Å². The molecule has 2 rings (SSSR count). The lowest BCUT2D eigenvalue weighted by atomic mass is 10.2. The molecule has 1 aromatic carbocycles. The maximum Gasteiger partial charge on any atom is 0.244 e. The highest BCUT2D eigenvalue weighted by Crippen LogP contribution is 2.18. The van der Waals surface area contributed by atoms with Crippen molar-refractivity contribution in [1.29, 1.82) is 0 Å². The summed E-state index contributed by atoms with van der Waals surface area (Å²) in [6, 6.07) is 8.24. The molecule has 6 heteroatoms. The Bertz CT molecular complexity index is 659. The largest absolute Gasteiger partial charge is 0.264 e. The lowest BCUT2D eigenvalue weighted by molar-refractivity contribution is 0.546. The van der Waals surface area contributed by atoms with E-state index in [1.54, 1.807) is 31.5 Å². The SMILES string of the molecule is C[C@@H](NS(=O)(=O)c1ccccc1F)c1cccnc1. The summed E-state index contributed by atoms with van der Waals surface area (Å²) in [4.78, 5) is 3.56. The molecular weight excluding hydrogens is 267 g/mol. The summed E-state index contributed by atoms with van der Waals surface area (Å²) < 4.78 is 40.1. The minimum atomic E-state index is -3.89. The molecular formula is C13H13FN2O2S. The number of rotatable bonds is 4. The Morgan fingerprint density at radius 3 is 2.58 bits per heavy atom. The van der Waals surface area contributed by atoms with E-state index in [-0.39, 0.29) is 4.90 Å². The number of nitrogens with one attached hydrogen (secondary N) is 1. The zero-order valence-corrected chi connectivity index (χ0v) is 11.1. The molecule has 0 amide bonds. The van der Waals surface area contributed by atoms with Gasteiger partial charge in [-0.3, -0.25) is 4.98 Å². The van der Waals surface area contributed by atoms with Gasteiger partial charge in [-0.05, 0) is 30.7 Å². The van der Waals surface area contributed by atoms with Crippen molar-refractivity contribution in [3.63, 3.8) is 0 Å². The Kier molecular flexibility index (Phi) is 3.92. The van der Waals surface area contributed by atoms with Gasteiger partial charge in [0.15, 0.2) is 0 Å². The number of hydrogen-bond donors (Lipinski definition) is 1. The van der Waals surface area contributed by atoms with Gasteiger partial charge in [0.1, 0.15) is 10.7 Å². The average Bonchev–Trinajstić information content (AvgIpc) is 2.39. The second kappa shape index (κ2) is 5.46. The highest BCUT2D eigenvalue weighted by Gasteiger charge is 2.21. The summed E-state index contributed by atoms with van der Waals surface area (Å²) in [5.74, 6) is -0.770. The molecule has 0 unspecified atom stereocenters. The van der Waals surface area contributed by atoms with Crippen molar-refractivity contribution < 1.29 is 12.8 Å². The number of nitrogens with zero attached hydrogens (tertiary/aromatic N) is 1. The molecule has 0 aliphatic carbocycles. The van der Waals surface area contributed by atoms with Gasteiger partial charge in [0.05, 0.1) is 0 Å². The molecule has 1 aromatic heterocycles. The minimum absolute atomic E-state index is 0.356. The number of sulfonamides is 1. The lowest BCUT2D eigenvalue weighted by Gasteiger charge is -2.14. The zero-order valence-electron chi connectivity index (χ0n) is 10.2. The molecule has 0 aliphatic rings. The van der Waals surface area contributed by atoms with Gasteiger partial charge in [-0.25, -0.2) is 17.5 Å². The van der Waals surface area contributed by atoms with Crippen LogP contribution in [-0.2, 0) is 10.0 Å². The molecule has 1 atom stereocenters. The molecule has 0 aliphatic heterocycles. The van der Waals surface area contributed by atoms with Gasteiger partial charge in [0, 0.05) is 18.4 Å². The second-order valence-electron chi connectivity index (χ2n) is 4.06. The van der Waals surface area contributed by atoms with Crippen LogP contribution in [0.5, 0.6) is 0 Å². The topological polar surface area (TPSA) is 59.1 Å². The molecule has 1 N–H and O–H groups in total. The average molecular weight is 280 g/mol. The maximum absolute atomic E-state index is 13.5. The monoisotopic (exact) mass is 280 g/mol. The van der Waals surface area contributed by atoms with Crippen molar-refractivity contribution in [2.45, 2.75) is 17.9 Å². The fraction of sp³-hybridized carbons (Fsp3) is 0.154.